The number of rotatable bonds is 4. The van der Waals surface area contributed by atoms with Crippen LogP contribution in [0.1, 0.15) is 76.1 Å². The molecule has 0 spiro atoms. The first kappa shape index (κ1) is 23.9. The molecule has 0 aromatic heterocycles. The molecule has 2 aromatic rings. The van der Waals surface area contributed by atoms with Crippen molar-refractivity contribution < 1.29 is 14.6 Å². The Morgan fingerprint density at radius 2 is 1.68 bits per heavy atom. The average molecular weight is 387 g/mol. The first-order valence-electron chi connectivity index (χ1n) is 10.6. The number of ether oxygens (including phenoxy) is 2. The van der Waals surface area contributed by atoms with E-state index in [1.165, 1.54) is 16.7 Å². The molecular formula is C25H38O3. The van der Waals surface area contributed by atoms with Gasteiger partial charge in [-0.25, -0.2) is 0 Å². The predicted octanol–water partition coefficient (Wildman–Crippen LogP) is 7.05. The third-order valence-electron chi connectivity index (χ3n) is 5.05. The lowest BCUT2D eigenvalue weighted by Crippen LogP contribution is -2.14. The van der Waals surface area contributed by atoms with Crippen molar-refractivity contribution in [3.8, 4) is 28.4 Å². The maximum atomic E-state index is 10.8. The van der Waals surface area contributed by atoms with E-state index in [1.807, 2.05) is 40.7 Å². The van der Waals surface area contributed by atoms with Crippen LogP contribution in [0.5, 0.6) is 17.2 Å². The number of aryl methyl sites for hydroxylation is 2. The van der Waals surface area contributed by atoms with E-state index in [1.54, 1.807) is 14.2 Å². The molecule has 0 fully saturated rings. The minimum absolute atomic E-state index is 0.356. The van der Waals surface area contributed by atoms with Gasteiger partial charge in [-0.05, 0) is 54.0 Å². The highest BCUT2D eigenvalue weighted by Crippen LogP contribution is 2.53. The van der Waals surface area contributed by atoms with Gasteiger partial charge in [-0.3, -0.25) is 0 Å². The second-order valence-electron chi connectivity index (χ2n) is 6.68. The molecular weight excluding hydrogens is 348 g/mol. The van der Waals surface area contributed by atoms with Crippen LogP contribution >= 0.6 is 0 Å². The van der Waals surface area contributed by atoms with E-state index in [0.717, 1.165) is 47.5 Å². The van der Waals surface area contributed by atoms with Crippen LogP contribution < -0.4 is 9.47 Å². The Balaban J connectivity index is 0.000000921. The summed E-state index contributed by atoms with van der Waals surface area (Å²) in [6.45, 7) is 14.4. The van der Waals surface area contributed by atoms with Gasteiger partial charge in [-0.15, -0.1) is 0 Å². The molecule has 0 heterocycles. The van der Waals surface area contributed by atoms with Crippen molar-refractivity contribution in [2.45, 2.75) is 73.6 Å². The van der Waals surface area contributed by atoms with Gasteiger partial charge in [-0.1, -0.05) is 60.1 Å². The summed E-state index contributed by atoms with van der Waals surface area (Å²) < 4.78 is 11.3. The molecule has 0 aliphatic heterocycles. The minimum Gasteiger partial charge on any atom is -0.507 e. The van der Waals surface area contributed by atoms with Crippen molar-refractivity contribution in [1.82, 2.24) is 0 Å². The van der Waals surface area contributed by atoms with Crippen molar-refractivity contribution in [3.63, 3.8) is 0 Å². The van der Waals surface area contributed by atoms with E-state index >= 15 is 0 Å². The number of benzene rings is 2. The molecule has 1 aliphatic rings. The fourth-order valence-electron chi connectivity index (χ4n) is 3.97. The molecule has 0 amide bonds. The van der Waals surface area contributed by atoms with Gasteiger partial charge < -0.3 is 14.6 Å². The Bertz CT molecular complexity index is 778. The first-order chi connectivity index (χ1) is 13.5. The van der Waals surface area contributed by atoms with Gasteiger partial charge in [0.1, 0.15) is 5.75 Å². The van der Waals surface area contributed by atoms with Gasteiger partial charge in [-0.2, -0.15) is 0 Å². The Hall–Kier alpha value is -2.16. The quantitative estimate of drug-likeness (QED) is 0.612. The number of hydrogen-bond acceptors (Lipinski definition) is 3. The van der Waals surface area contributed by atoms with Crippen molar-refractivity contribution >= 4 is 0 Å². The van der Waals surface area contributed by atoms with Gasteiger partial charge in [0, 0.05) is 11.1 Å². The zero-order chi connectivity index (χ0) is 21.4. The summed E-state index contributed by atoms with van der Waals surface area (Å²) in [5.41, 5.74) is 6.57. The highest BCUT2D eigenvalue weighted by Gasteiger charge is 2.31. The van der Waals surface area contributed by atoms with Crippen LogP contribution in [0.4, 0.5) is 0 Å². The molecule has 1 N–H and O–H groups in total. The summed E-state index contributed by atoms with van der Waals surface area (Å²) in [5.74, 6) is 2.20. The summed E-state index contributed by atoms with van der Waals surface area (Å²) in [6.07, 6.45) is 3.00. The van der Waals surface area contributed by atoms with Gasteiger partial charge in [0.25, 0.3) is 0 Å². The molecule has 3 rings (SSSR count). The van der Waals surface area contributed by atoms with Crippen LogP contribution in [-0.4, -0.2) is 19.3 Å². The van der Waals surface area contributed by atoms with Crippen LogP contribution in [-0.2, 0) is 12.8 Å². The molecule has 2 aromatic carbocycles. The van der Waals surface area contributed by atoms with Gasteiger partial charge in [0.05, 0.1) is 14.2 Å². The van der Waals surface area contributed by atoms with Crippen molar-refractivity contribution in [1.29, 1.82) is 0 Å². The number of methoxy groups -OCH3 is 2. The molecule has 0 radical (unpaired) electrons. The Morgan fingerprint density at radius 3 is 2.21 bits per heavy atom. The summed E-state index contributed by atoms with van der Waals surface area (Å²) in [7, 11) is 3.34. The highest BCUT2D eigenvalue weighted by molar-refractivity contribution is 5.87. The van der Waals surface area contributed by atoms with Gasteiger partial charge in [0.2, 0.25) is 0 Å². The van der Waals surface area contributed by atoms with Crippen molar-refractivity contribution in [2.24, 2.45) is 0 Å². The minimum atomic E-state index is 0.356. The normalized spacial score (nSPS) is 13.8. The summed E-state index contributed by atoms with van der Waals surface area (Å²) in [5, 5.41) is 10.8. The molecule has 0 saturated carbocycles. The van der Waals surface area contributed by atoms with E-state index in [-0.39, 0.29) is 0 Å². The lowest BCUT2D eigenvalue weighted by atomic mass is 9.75. The Kier molecular flexibility index (Phi) is 9.37. The zero-order valence-corrected chi connectivity index (χ0v) is 19.2. The lowest BCUT2D eigenvalue weighted by molar-refractivity contribution is 0.354. The molecule has 1 aliphatic carbocycles. The number of fused-ring (bicyclic) bond motifs is 3. The van der Waals surface area contributed by atoms with Crippen molar-refractivity contribution in [2.75, 3.05) is 14.2 Å². The number of aromatic hydroxyl groups is 1. The first-order valence-corrected chi connectivity index (χ1v) is 10.6. The number of phenolic OH excluding ortho intramolecular Hbond substituents is 1. The second-order valence-corrected chi connectivity index (χ2v) is 6.68. The number of phenols is 1. The second kappa shape index (κ2) is 11.0. The molecule has 1 atom stereocenters. The lowest BCUT2D eigenvalue weighted by Gasteiger charge is -2.31. The monoisotopic (exact) mass is 386 g/mol. The molecule has 3 nitrogen and oxygen atoms in total. The largest absolute Gasteiger partial charge is 0.507 e. The maximum Gasteiger partial charge on any atom is 0.168 e. The number of hydrogen-bond donors (Lipinski definition) is 1. The van der Waals surface area contributed by atoms with Crippen molar-refractivity contribution in [3.05, 3.63) is 40.5 Å². The topological polar surface area (TPSA) is 38.7 Å². The summed E-state index contributed by atoms with van der Waals surface area (Å²) >= 11 is 0. The predicted molar refractivity (Wildman–Crippen MR) is 120 cm³/mol. The Morgan fingerprint density at radius 1 is 1.04 bits per heavy atom. The highest BCUT2D eigenvalue weighted by atomic mass is 16.5. The van der Waals surface area contributed by atoms with Gasteiger partial charge >= 0.3 is 0 Å². The average Bonchev–Trinajstić information content (AvgIpc) is 2.73. The van der Waals surface area contributed by atoms with Crippen LogP contribution in [0.2, 0.25) is 0 Å². The molecule has 1 unspecified atom stereocenters. The zero-order valence-electron chi connectivity index (χ0n) is 19.2. The molecule has 3 heteroatoms. The SMILES string of the molecule is CC.CC.CCCc1cc(OC)c(OC)c2c1C(C)Cc1ccc(C)c(O)c1-2. The van der Waals surface area contributed by atoms with E-state index in [4.69, 9.17) is 9.47 Å². The van der Waals surface area contributed by atoms with E-state index in [9.17, 15) is 5.11 Å². The van der Waals surface area contributed by atoms with Crippen LogP contribution in [0.25, 0.3) is 11.1 Å². The molecule has 0 bridgehead atoms. The summed E-state index contributed by atoms with van der Waals surface area (Å²) in [6, 6.07) is 6.23. The third kappa shape index (κ3) is 4.29. The van der Waals surface area contributed by atoms with Crippen LogP contribution in [0.15, 0.2) is 18.2 Å². The van der Waals surface area contributed by atoms with E-state index in [2.05, 4.69) is 26.0 Å². The van der Waals surface area contributed by atoms with Gasteiger partial charge in [0.15, 0.2) is 11.5 Å². The maximum absolute atomic E-state index is 10.8. The molecule has 28 heavy (non-hydrogen) atoms. The molecule has 156 valence electrons. The Labute approximate surface area is 171 Å². The standard InChI is InChI=1S/C21H26O3.2C2H6/c1-6-7-14-11-16(23-4)21(24-5)19-17(14)13(3)10-15-9-8-12(2)20(22)18(15)19;2*1-2/h8-9,11,13,22H,6-7,10H2,1-5H3;2*1-2H3. The third-order valence-corrected chi connectivity index (χ3v) is 5.05. The van der Waals surface area contributed by atoms with Crippen LogP contribution in [0, 0.1) is 6.92 Å². The van der Waals surface area contributed by atoms with E-state index in [0.29, 0.717) is 11.7 Å². The molecule has 0 saturated heterocycles. The van der Waals surface area contributed by atoms with E-state index < -0.39 is 0 Å². The fourth-order valence-corrected chi connectivity index (χ4v) is 3.97. The smallest absolute Gasteiger partial charge is 0.168 e. The summed E-state index contributed by atoms with van der Waals surface area (Å²) in [4.78, 5) is 0. The fraction of sp³-hybridized carbons (Fsp3) is 0.520. The van der Waals surface area contributed by atoms with Crippen LogP contribution in [0.3, 0.4) is 0 Å².